The number of hydrogen-bond donors (Lipinski definition) is 2. The van der Waals surface area contributed by atoms with E-state index < -0.39 is 29.8 Å². The number of carbonyl (C=O) groups excluding carboxylic acids is 4. The molecule has 0 aliphatic carbocycles. The van der Waals surface area contributed by atoms with Crippen molar-refractivity contribution in [2.24, 2.45) is 0 Å². The van der Waals surface area contributed by atoms with E-state index in [1.165, 1.54) is 360 Å². The van der Waals surface area contributed by atoms with Crippen LogP contribution in [0.2, 0.25) is 0 Å². The zero-order chi connectivity index (χ0) is 75.3. The van der Waals surface area contributed by atoms with Crippen LogP contribution in [-0.2, 0) is 24.0 Å². The largest absolute Gasteiger partial charge is 2.00 e. The number of carboxylic acids is 5. The number of carbonyl (C=O) groups is 5. The second-order valence-electron chi connectivity index (χ2n) is 30.2. The predicted octanol–water partition coefficient (Wildman–Crippen LogP) is 24.3. The van der Waals surface area contributed by atoms with Gasteiger partial charge in [-0.3, -0.25) is 4.79 Å². The summed E-state index contributed by atoms with van der Waals surface area (Å²) in [6, 6.07) is 0. The Morgan fingerprint density at radius 3 is 0.563 bits per heavy atom. The zero-order valence-corrected chi connectivity index (χ0v) is 74.1. The maximum Gasteiger partial charge on any atom is 2.00 e. The number of aliphatic carboxylic acids is 5. The second-order valence-corrected chi connectivity index (χ2v) is 30.2. The number of unbranched alkanes of at least 4 members (excludes halogenated alkanes) is 64. The molecule has 0 bridgehead atoms. The van der Waals surface area contributed by atoms with Gasteiger partial charge < -0.3 is 49.8 Å². The van der Waals surface area contributed by atoms with Crippen LogP contribution in [0.15, 0.2) is 12.2 Å². The van der Waals surface area contributed by atoms with Crippen molar-refractivity contribution < 1.29 is 54.6 Å². The number of aliphatic hydroxyl groups excluding tert-OH is 1. The molecule has 0 aromatic carbocycles. The Hall–Kier alpha value is -0.431. The summed E-state index contributed by atoms with van der Waals surface area (Å²) in [6.45, 7) is 11.3. The molecular weight excluding hydrogens is 1340 g/mol. The fraction of sp³-hybridized carbons (Fsp3) is 0.922. The molecule has 0 spiro atoms. The van der Waals surface area contributed by atoms with Gasteiger partial charge in [0.05, 0.1) is 6.10 Å². The smallest absolute Gasteiger partial charge is 0.550 e. The molecule has 0 aromatic heterocycles. The van der Waals surface area contributed by atoms with Crippen molar-refractivity contribution in [1.29, 1.82) is 0 Å². The van der Waals surface area contributed by atoms with Gasteiger partial charge in [0.25, 0.3) is 0 Å². The molecule has 0 aliphatic heterocycles. The Labute approximate surface area is 700 Å². The van der Waals surface area contributed by atoms with Gasteiger partial charge in [-0.2, -0.15) is 0 Å². The summed E-state index contributed by atoms with van der Waals surface area (Å²) in [6.07, 6.45) is 96.8. The molecule has 604 valence electrons. The predicted molar refractivity (Wildman–Crippen MR) is 438 cm³/mol. The van der Waals surface area contributed by atoms with E-state index in [-0.39, 0.29) is 107 Å². The Balaban J connectivity index is -0.000000223. The van der Waals surface area contributed by atoms with Gasteiger partial charge in [-0.15, -0.1) is 0 Å². The van der Waals surface area contributed by atoms with E-state index in [1.807, 2.05) is 0 Å². The summed E-state index contributed by atoms with van der Waals surface area (Å²) in [4.78, 5) is 51.2. The third kappa shape index (κ3) is 134. The van der Waals surface area contributed by atoms with Crippen LogP contribution in [0.5, 0.6) is 0 Å². The van der Waals surface area contributed by atoms with E-state index in [2.05, 4.69) is 46.8 Å². The van der Waals surface area contributed by atoms with Crippen LogP contribution in [0.25, 0.3) is 0 Å². The van der Waals surface area contributed by atoms with Gasteiger partial charge in [0, 0.05) is 30.3 Å². The third-order valence-corrected chi connectivity index (χ3v) is 19.7. The summed E-state index contributed by atoms with van der Waals surface area (Å²) in [5, 5.41) is 59.2. The van der Waals surface area contributed by atoms with Crippen LogP contribution in [0, 0.1) is 0 Å². The van der Waals surface area contributed by atoms with Crippen molar-refractivity contribution >= 4 is 105 Å². The van der Waals surface area contributed by atoms with Gasteiger partial charge in [0.15, 0.2) is 0 Å². The van der Waals surface area contributed by atoms with E-state index in [4.69, 9.17) is 5.11 Å². The molecule has 103 heavy (non-hydrogen) atoms. The Bertz CT molecular complexity index is 1440. The van der Waals surface area contributed by atoms with Gasteiger partial charge >= 0.3 is 81.4 Å². The van der Waals surface area contributed by atoms with Crippen molar-refractivity contribution in [3.05, 3.63) is 12.2 Å². The van der Waals surface area contributed by atoms with Crippen molar-refractivity contribution in [3.63, 3.8) is 0 Å². The van der Waals surface area contributed by atoms with E-state index in [0.717, 1.165) is 103 Å². The normalized spacial score (nSPS) is 11.0. The van der Waals surface area contributed by atoms with Gasteiger partial charge in [-0.1, -0.05) is 451 Å². The zero-order valence-electron chi connectivity index (χ0n) is 69.7. The quantitative estimate of drug-likeness (QED) is 0.0331. The van der Waals surface area contributed by atoms with Crippen molar-refractivity contribution in [2.45, 2.75) is 535 Å². The Kier molecular flexibility index (Phi) is 124. The molecule has 2 N–H and O–H groups in total. The molecule has 0 heterocycles. The maximum absolute atomic E-state index is 10.3. The summed E-state index contributed by atoms with van der Waals surface area (Å²) >= 11 is 0. The molecule has 1 atom stereocenters. The number of allylic oxidation sites excluding steroid dienone is 1. The molecule has 0 radical (unpaired) electrons. The molecule has 0 aromatic rings. The molecule has 0 unspecified atom stereocenters. The number of rotatable bonds is 79. The van der Waals surface area contributed by atoms with Crippen LogP contribution in [-0.4, -0.2) is 122 Å². The van der Waals surface area contributed by atoms with Crippen molar-refractivity contribution in [3.8, 4) is 0 Å². The molecule has 11 nitrogen and oxygen atoms in total. The average Bonchev–Trinajstić information content (AvgIpc) is 3.55. The molecule has 0 aliphatic rings. The summed E-state index contributed by atoms with van der Waals surface area (Å²) in [5.41, 5.74) is 0. The van der Waals surface area contributed by atoms with Gasteiger partial charge in [-0.25, -0.2) is 0 Å². The first-order valence-electron chi connectivity index (χ1n) is 44.6. The molecule has 13 heteroatoms. The summed E-state index contributed by atoms with van der Waals surface area (Å²) in [5.74, 6) is -4.30. The molecule has 0 fully saturated rings. The molecule has 0 rings (SSSR count). The molecular formula is C90H174Ca2O11. The maximum atomic E-state index is 10.3. The van der Waals surface area contributed by atoms with Crippen LogP contribution in [0.1, 0.15) is 529 Å². The topological polar surface area (TPSA) is 218 Å². The van der Waals surface area contributed by atoms with Crippen LogP contribution in [0.4, 0.5) is 0 Å². The molecule has 0 amide bonds. The number of hydrogen-bond acceptors (Lipinski definition) is 10. The molecule has 0 saturated heterocycles. The standard InChI is InChI=1S/C18H34O3.4C18H36O2.2Ca/c1-2-3-4-11-14-17(19)15-12-9-7-5-6-8-10-13-16-18(20)21;4*1-2-3-4-5-6-7-8-9-10-11-12-13-14-15-16-17-18(19)20;;/h9,12,17,19H,2-8,10-11,13-16H2,1H3,(H,20,21);4*2-17H2,1H3,(H,19,20);;/q;;;;;2*+2/p-4/b12-9-;;;;;;/t17-;;;;;;/m1....../s1. The SMILES string of the molecule is CCCCCCCCCCCCCCCCCC(=O)[O-].CCCCCCCCCCCCCCCCCC(=O)[O-].CCCCCCCCCCCCCCCCCC(=O)[O-].CCCCCCCCCCCCCCCCCC(=O)[O-].CCCCCC[C@@H](O)C/C=C\CCCCCCCC(=O)O.[Ca+2].[Ca+2]. The van der Waals surface area contributed by atoms with Crippen LogP contribution >= 0.6 is 0 Å². The first kappa shape index (κ1) is 116. The van der Waals surface area contributed by atoms with E-state index in [0.29, 0.717) is 6.42 Å². The number of aliphatic hydroxyl groups is 1. The monoisotopic (exact) mass is 1510 g/mol. The minimum absolute atomic E-state index is 0. The Morgan fingerprint density at radius 1 is 0.233 bits per heavy atom. The fourth-order valence-electron chi connectivity index (χ4n) is 12.9. The van der Waals surface area contributed by atoms with Crippen molar-refractivity contribution in [1.82, 2.24) is 0 Å². The Morgan fingerprint density at radius 2 is 0.388 bits per heavy atom. The minimum Gasteiger partial charge on any atom is -0.550 e. The van der Waals surface area contributed by atoms with Gasteiger partial charge in [0.2, 0.25) is 0 Å². The van der Waals surface area contributed by atoms with E-state index in [9.17, 15) is 49.5 Å². The minimum atomic E-state index is -0.903. The molecule has 0 saturated carbocycles. The number of carboxylic acid groups (broad SMARTS) is 5. The van der Waals surface area contributed by atoms with Crippen LogP contribution < -0.4 is 20.4 Å². The second kappa shape index (κ2) is 110. The van der Waals surface area contributed by atoms with Crippen LogP contribution in [0.3, 0.4) is 0 Å². The van der Waals surface area contributed by atoms with Crippen molar-refractivity contribution in [2.75, 3.05) is 0 Å². The first-order chi connectivity index (χ1) is 49.2. The van der Waals surface area contributed by atoms with Gasteiger partial charge in [0.1, 0.15) is 0 Å². The summed E-state index contributed by atoms with van der Waals surface area (Å²) in [7, 11) is 0. The average molecular weight is 1510 g/mol. The first-order valence-corrected chi connectivity index (χ1v) is 44.6. The third-order valence-electron chi connectivity index (χ3n) is 19.7. The van der Waals surface area contributed by atoms with E-state index >= 15 is 0 Å². The fourth-order valence-corrected chi connectivity index (χ4v) is 12.9. The van der Waals surface area contributed by atoms with E-state index in [1.54, 1.807) is 0 Å². The van der Waals surface area contributed by atoms with Gasteiger partial charge in [-0.05, 0) is 83.5 Å². The summed E-state index contributed by atoms with van der Waals surface area (Å²) < 4.78 is 0.